The number of benzene rings is 7. The van der Waals surface area contributed by atoms with Gasteiger partial charge in [0.2, 0.25) is 0 Å². The van der Waals surface area contributed by atoms with Gasteiger partial charge in [-0.15, -0.1) is 0 Å². The molecule has 0 saturated carbocycles. The zero-order valence-electron chi connectivity index (χ0n) is 29.4. The zero-order valence-corrected chi connectivity index (χ0v) is 29.4. The van der Waals surface area contributed by atoms with E-state index >= 15 is 0 Å². The highest BCUT2D eigenvalue weighted by atomic mass is 16.3. The SMILES string of the molecule is CC1(C)c2cc3ccccc3cc2-c2c(-c3cccc(/C(=C/Cc4cccc(-c5cc6ccccc6o5)c4)NC(N)c4ccccc4)c3)cccc21. The van der Waals surface area contributed by atoms with Crippen LogP contribution in [-0.4, -0.2) is 0 Å². The van der Waals surface area contributed by atoms with Crippen LogP contribution in [0.4, 0.5) is 0 Å². The van der Waals surface area contributed by atoms with Gasteiger partial charge in [-0.1, -0.05) is 147 Å². The summed E-state index contributed by atoms with van der Waals surface area (Å²) >= 11 is 0. The third-order valence-electron chi connectivity index (χ3n) is 10.7. The number of para-hydroxylation sites is 1. The fraction of sp³-hybridized carbons (Fsp3) is 0.102. The predicted octanol–water partition coefficient (Wildman–Crippen LogP) is 12.1. The van der Waals surface area contributed by atoms with Crippen molar-refractivity contribution in [3.8, 4) is 33.6 Å². The van der Waals surface area contributed by atoms with Crippen molar-refractivity contribution in [1.82, 2.24) is 5.32 Å². The molecule has 9 rings (SSSR count). The van der Waals surface area contributed by atoms with E-state index in [4.69, 9.17) is 10.2 Å². The Balaban J connectivity index is 1.11. The Morgan fingerprint density at radius 3 is 2.17 bits per heavy atom. The van der Waals surface area contributed by atoms with Crippen molar-refractivity contribution in [1.29, 1.82) is 0 Å². The lowest BCUT2D eigenvalue weighted by Gasteiger charge is -2.22. The molecule has 0 spiro atoms. The van der Waals surface area contributed by atoms with Crippen molar-refractivity contribution in [2.45, 2.75) is 31.8 Å². The van der Waals surface area contributed by atoms with Crippen LogP contribution < -0.4 is 11.1 Å². The number of allylic oxidation sites excluding steroid dienone is 1. The first-order chi connectivity index (χ1) is 25.4. The lowest BCUT2D eigenvalue weighted by atomic mass is 9.81. The molecule has 8 aromatic rings. The molecule has 52 heavy (non-hydrogen) atoms. The van der Waals surface area contributed by atoms with Gasteiger partial charge in [0.1, 0.15) is 17.5 Å². The Morgan fingerprint density at radius 1 is 0.635 bits per heavy atom. The number of furan rings is 1. The number of nitrogens with one attached hydrogen (secondary N) is 1. The summed E-state index contributed by atoms with van der Waals surface area (Å²) in [6, 6.07) is 58.2. The van der Waals surface area contributed by atoms with Crippen LogP contribution in [0.2, 0.25) is 0 Å². The molecule has 1 unspecified atom stereocenters. The number of hydrogen-bond donors (Lipinski definition) is 2. The molecule has 0 bridgehead atoms. The van der Waals surface area contributed by atoms with E-state index in [2.05, 4.69) is 153 Å². The monoisotopic (exact) mass is 672 g/mol. The number of rotatable bonds is 8. The summed E-state index contributed by atoms with van der Waals surface area (Å²) in [6.45, 7) is 4.71. The molecule has 1 aromatic heterocycles. The minimum Gasteiger partial charge on any atom is -0.456 e. The van der Waals surface area contributed by atoms with Gasteiger partial charge in [0.25, 0.3) is 0 Å². The molecule has 1 atom stereocenters. The molecule has 0 amide bonds. The summed E-state index contributed by atoms with van der Waals surface area (Å²) in [5.41, 5.74) is 20.8. The topological polar surface area (TPSA) is 51.2 Å². The molecular weight excluding hydrogens is 633 g/mol. The lowest BCUT2D eigenvalue weighted by molar-refractivity contribution is 0.631. The molecule has 1 heterocycles. The Labute approximate surface area is 305 Å². The van der Waals surface area contributed by atoms with E-state index in [9.17, 15) is 0 Å². The van der Waals surface area contributed by atoms with Crippen molar-refractivity contribution < 1.29 is 4.42 Å². The summed E-state index contributed by atoms with van der Waals surface area (Å²) in [7, 11) is 0. The molecule has 1 aliphatic rings. The summed E-state index contributed by atoms with van der Waals surface area (Å²) in [5.74, 6) is 0.873. The average Bonchev–Trinajstić information content (AvgIpc) is 3.72. The lowest BCUT2D eigenvalue weighted by Crippen LogP contribution is -2.27. The van der Waals surface area contributed by atoms with Crippen molar-refractivity contribution in [3.05, 3.63) is 198 Å². The average molecular weight is 673 g/mol. The first-order valence-electron chi connectivity index (χ1n) is 18.1. The van der Waals surface area contributed by atoms with Gasteiger partial charge in [0.05, 0.1) is 0 Å². The van der Waals surface area contributed by atoms with Crippen LogP contribution in [-0.2, 0) is 11.8 Å². The highest BCUT2D eigenvalue weighted by Gasteiger charge is 2.37. The van der Waals surface area contributed by atoms with Crippen LogP contribution in [0.1, 0.15) is 47.8 Å². The smallest absolute Gasteiger partial charge is 0.135 e. The molecule has 0 saturated heterocycles. The molecule has 3 nitrogen and oxygen atoms in total. The first-order valence-corrected chi connectivity index (χ1v) is 18.1. The van der Waals surface area contributed by atoms with Gasteiger partial charge in [-0.25, -0.2) is 0 Å². The number of fused-ring (bicyclic) bond motifs is 5. The molecule has 0 aliphatic heterocycles. The Kier molecular flexibility index (Phi) is 7.87. The summed E-state index contributed by atoms with van der Waals surface area (Å²) in [4.78, 5) is 0. The van der Waals surface area contributed by atoms with Crippen molar-refractivity contribution in [2.24, 2.45) is 5.73 Å². The quantitative estimate of drug-likeness (QED) is 0.158. The van der Waals surface area contributed by atoms with Gasteiger partial charge in [-0.2, -0.15) is 0 Å². The van der Waals surface area contributed by atoms with E-state index in [1.54, 1.807) is 0 Å². The van der Waals surface area contributed by atoms with Crippen LogP contribution in [0.15, 0.2) is 174 Å². The number of hydrogen-bond acceptors (Lipinski definition) is 3. The second-order valence-corrected chi connectivity index (χ2v) is 14.4. The van der Waals surface area contributed by atoms with Crippen molar-refractivity contribution >= 4 is 27.4 Å². The second kappa shape index (κ2) is 12.9. The van der Waals surface area contributed by atoms with E-state index in [-0.39, 0.29) is 11.6 Å². The van der Waals surface area contributed by atoms with Gasteiger partial charge in [0.15, 0.2) is 0 Å². The normalized spacial score (nSPS) is 13.9. The third-order valence-corrected chi connectivity index (χ3v) is 10.7. The highest BCUT2D eigenvalue weighted by molar-refractivity contribution is 5.98. The minimum absolute atomic E-state index is 0.103. The summed E-state index contributed by atoms with van der Waals surface area (Å²) < 4.78 is 6.20. The van der Waals surface area contributed by atoms with E-state index in [0.29, 0.717) is 0 Å². The van der Waals surface area contributed by atoms with Gasteiger partial charge < -0.3 is 15.5 Å². The third kappa shape index (κ3) is 5.70. The maximum Gasteiger partial charge on any atom is 0.135 e. The van der Waals surface area contributed by atoms with E-state index in [1.165, 1.54) is 49.7 Å². The van der Waals surface area contributed by atoms with Crippen LogP contribution in [0.3, 0.4) is 0 Å². The zero-order chi connectivity index (χ0) is 35.2. The molecule has 3 heteroatoms. The summed E-state index contributed by atoms with van der Waals surface area (Å²) in [5, 5.41) is 7.34. The first kappa shape index (κ1) is 31.8. The minimum atomic E-state index is -0.375. The van der Waals surface area contributed by atoms with Gasteiger partial charge in [0, 0.05) is 22.1 Å². The second-order valence-electron chi connectivity index (χ2n) is 14.4. The van der Waals surface area contributed by atoms with Crippen molar-refractivity contribution in [3.63, 3.8) is 0 Å². The maximum absolute atomic E-state index is 6.83. The molecule has 0 fully saturated rings. The van der Waals surface area contributed by atoms with Crippen LogP contribution in [0.5, 0.6) is 0 Å². The van der Waals surface area contributed by atoms with Crippen LogP contribution in [0, 0.1) is 0 Å². The van der Waals surface area contributed by atoms with E-state index in [0.717, 1.165) is 45.5 Å². The fourth-order valence-corrected chi connectivity index (χ4v) is 7.93. The van der Waals surface area contributed by atoms with E-state index in [1.807, 2.05) is 36.4 Å². The van der Waals surface area contributed by atoms with Gasteiger partial charge in [-0.3, -0.25) is 0 Å². The number of nitrogens with two attached hydrogens (primary N) is 1. The molecule has 0 radical (unpaired) electrons. The molecule has 7 aromatic carbocycles. The predicted molar refractivity (Wildman–Crippen MR) is 217 cm³/mol. The Morgan fingerprint density at radius 2 is 1.35 bits per heavy atom. The highest BCUT2D eigenvalue weighted by Crippen LogP contribution is 2.53. The Bertz CT molecular complexity index is 2590. The van der Waals surface area contributed by atoms with Crippen molar-refractivity contribution in [2.75, 3.05) is 0 Å². The van der Waals surface area contributed by atoms with E-state index < -0.39 is 0 Å². The maximum atomic E-state index is 6.83. The molecule has 252 valence electrons. The van der Waals surface area contributed by atoms with Crippen LogP contribution >= 0.6 is 0 Å². The van der Waals surface area contributed by atoms with Gasteiger partial charge >= 0.3 is 0 Å². The standard InChI is InChI=1S/C49H40N2O/c1-49(2)42-23-12-22-40(47(42)41-29-34-16-6-7-17-35(34)30-43(41)49)36-19-11-20-37(28-36)44(51-48(50)33-14-4-3-5-15-33)26-25-32-13-10-21-38(27-32)46-31-39-18-8-9-24-45(39)52-46/h3-24,26-31,48,51H,25,50H2,1-2H3/b44-26-. The Hall–Kier alpha value is -6.16. The molecular formula is C49H40N2O. The molecule has 3 N–H and O–H groups in total. The molecule has 1 aliphatic carbocycles. The van der Waals surface area contributed by atoms with Gasteiger partial charge in [-0.05, 0) is 104 Å². The largest absolute Gasteiger partial charge is 0.456 e. The fourth-order valence-electron chi connectivity index (χ4n) is 7.93. The van der Waals surface area contributed by atoms with Crippen LogP contribution in [0.25, 0.3) is 61.0 Å². The summed E-state index contributed by atoms with van der Waals surface area (Å²) in [6.07, 6.45) is 2.61.